The third kappa shape index (κ3) is 6.07. The highest BCUT2D eigenvalue weighted by Gasteiger charge is 2.49. The van der Waals surface area contributed by atoms with Crippen molar-refractivity contribution in [2.75, 3.05) is 18.5 Å². The highest BCUT2D eigenvalue weighted by molar-refractivity contribution is 7.92. The number of anilines is 1. The molecule has 2 heterocycles. The van der Waals surface area contributed by atoms with Gasteiger partial charge in [0.05, 0.1) is 20.8 Å². The Bertz CT molecular complexity index is 1720. The van der Waals surface area contributed by atoms with E-state index in [1.54, 1.807) is 25.2 Å². The number of alkyl halides is 2. The Morgan fingerprint density at radius 1 is 1.00 bits per heavy atom. The smallest absolute Gasteiger partial charge is 0.268 e. The molecule has 0 saturated heterocycles. The van der Waals surface area contributed by atoms with E-state index in [-0.39, 0.29) is 18.1 Å². The number of benzene rings is 2. The van der Waals surface area contributed by atoms with Gasteiger partial charge in [-0.15, -0.1) is 0 Å². The molecule has 0 bridgehead atoms. The lowest BCUT2D eigenvalue weighted by atomic mass is 10.0. The molecule has 4 aromatic rings. The van der Waals surface area contributed by atoms with Crippen molar-refractivity contribution in [3.05, 3.63) is 84.1 Å². The van der Waals surface area contributed by atoms with Crippen LogP contribution in [0.4, 0.5) is 23.4 Å². The Morgan fingerprint density at radius 2 is 1.79 bits per heavy atom. The molecule has 2 aromatic carbocycles. The maximum Gasteiger partial charge on any atom is 0.268 e. The zero-order chi connectivity index (χ0) is 30.9. The largest absolute Gasteiger partial charge is 0.497 e. The number of nitrogens with zero attached hydrogens (tertiary/aromatic N) is 5. The van der Waals surface area contributed by atoms with E-state index in [1.807, 2.05) is 0 Å². The van der Waals surface area contributed by atoms with Crippen LogP contribution in [0.5, 0.6) is 17.2 Å². The normalized spacial score (nSPS) is 17.9. The summed E-state index contributed by atoms with van der Waals surface area (Å²) >= 11 is 0. The quantitative estimate of drug-likeness (QED) is 0.231. The highest BCUT2D eigenvalue weighted by Crippen LogP contribution is 2.46. The van der Waals surface area contributed by atoms with E-state index in [4.69, 9.17) is 14.2 Å². The van der Waals surface area contributed by atoms with E-state index in [0.29, 0.717) is 29.1 Å². The van der Waals surface area contributed by atoms with Crippen molar-refractivity contribution >= 4 is 15.8 Å². The fourth-order valence-corrected chi connectivity index (χ4v) is 6.54. The molecule has 5 rings (SSSR count). The van der Waals surface area contributed by atoms with E-state index in [1.165, 1.54) is 43.4 Å². The van der Waals surface area contributed by atoms with Crippen LogP contribution >= 0.6 is 0 Å². The molecule has 43 heavy (non-hydrogen) atoms. The predicted molar refractivity (Wildman–Crippen MR) is 146 cm³/mol. The van der Waals surface area contributed by atoms with Gasteiger partial charge in [0.25, 0.3) is 15.9 Å². The molecule has 1 saturated carbocycles. The number of sulfonamides is 1. The molecular formula is C28H27F4N5O5S. The fourth-order valence-electron chi connectivity index (χ4n) is 5.08. The van der Waals surface area contributed by atoms with Crippen molar-refractivity contribution in [1.29, 1.82) is 0 Å². The lowest BCUT2D eigenvalue weighted by molar-refractivity contribution is -0.00166. The summed E-state index contributed by atoms with van der Waals surface area (Å²) in [5, 5.41) is 4.00. The summed E-state index contributed by atoms with van der Waals surface area (Å²) in [7, 11) is -0.393. The number of methoxy groups -OCH3 is 2. The molecule has 2 atom stereocenters. The summed E-state index contributed by atoms with van der Waals surface area (Å²) in [5.41, 5.74) is 0.811. The van der Waals surface area contributed by atoms with Gasteiger partial charge in [-0.1, -0.05) is 0 Å². The number of hydrogen-bond acceptors (Lipinski definition) is 8. The Morgan fingerprint density at radius 3 is 2.44 bits per heavy atom. The van der Waals surface area contributed by atoms with Gasteiger partial charge >= 0.3 is 0 Å². The molecule has 0 aliphatic heterocycles. The molecule has 1 aliphatic carbocycles. The number of aromatic nitrogens is 4. The van der Waals surface area contributed by atoms with Crippen LogP contribution in [0.25, 0.3) is 0 Å². The lowest BCUT2D eigenvalue weighted by Gasteiger charge is -2.25. The predicted octanol–water partition coefficient (Wildman–Crippen LogP) is 4.86. The molecule has 1 fully saturated rings. The zero-order valence-electron chi connectivity index (χ0n) is 23.2. The summed E-state index contributed by atoms with van der Waals surface area (Å²) in [6, 6.07) is 8.53. The Kier molecular flexibility index (Phi) is 8.18. The SMILES string of the molecule is COc1ccc(CN(c2ccncn2)S(=O)(=O)c2cc(F)c(OC3CC(F)(F)CC3c3ccnn3C)cc2F)c(OC)c1. The van der Waals surface area contributed by atoms with Crippen LogP contribution in [0.15, 0.2) is 66.1 Å². The zero-order valence-corrected chi connectivity index (χ0v) is 24.1. The van der Waals surface area contributed by atoms with E-state index in [9.17, 15) is 17.2 Å². The minimum atomic E-state index is -4.81. The first kappa shape index (κ1) is 30.1. The number of ether oxygens (including phenoxy) is 3. The average Bonchev–Trinajstić information content (AvgIpc) is 3.54. The standard InChI is InChI=1S/C28H27F4N5O5S/c1-36-22(6-9-35-36)19-13-28(31,32)14-25(19)42-24-11-21(30)26(12-20(24)29)43(38,39)37(27-7-8-33-16-34-27)15-17-4-5-18(40-2)10-23(17)41-3/h4-12,16,19,25H,13-15H2,1-3H3. The Labute approximate surface area is 244 Å². The maximum atomic E-state index is 15.6. The van der Waals surface area contributed by atoms with Gasteiger partial charge in [0.2, 0.25) is 0 Å². The Balaban J connectivity index is 1.50. The second-order valence-corrected chi connectivity index (χ2v) is 11.7. The van der Waals surface area contributed by atoms with E-state index in [0.717, 1.165) is 10.6 Å². The molecule has 0 spiro atoms. The first-order valence-electron chi connectivity index (χ1n) is 12.9. The Hall–Kier alpha value is -4.40. The van der Waals surface area contributed by atoms with Crippen molar-refractivity contribution in [2.24, 2.45) is 7.05 Å². The molecule has 0 amide bonds. The molecule has 1 aliphatic rings. The maximum absolute atomic E-state index is 15.6. The molecule has 15 heteroatoms. The highest BCUT2D eigenvalue weighted by atomic mass is 32.2. The third-order valence-corrected chi connectivity index (χ3v) is 8.93. The van der Waals surface area contributed by atoms with E-state index in [2.05, 4.69) is 15.1 Å². The second-order valence-electron chi connectivity index (χ2n) is 9.88. The van der Waals surface area contributed by atoms with Crippen molar-refractivity contribution in [1.82, 2.24) is 19.7 Å². The summed E-state index contributed by atoms with van der Waals surface area (Å²) in [5.74, 6) is -6.66. The van der Waals surface area contributed by atoms with Crippen LogP contribution in [-0.2, 0) is 23.6 Å². The fraction of sp³-hybridized carbons (Fsp3) is 0.321. The van der Waals surface area contributed by atoms with Crippen LogP contribution in [0.1, 0.15) is 30.0 Å². The van der Waals surface area contributed by atoms with Crippen LogP contribution in [0.3, 0.4) is 0 Å². The van der Waals surface area contributed by atoms with Gasteiger partial charge in [0, 0.05) is 73.7 Å². The van der Waals surface area contributed by atoms with Gasteiger partial charge in [-0.3, -0.25) is 4.68 Å². The van der Waals surface area contributed by atoms with Crippen LogP contribution in [-0.4, -0.2) is 54.4 Å². The van der Waals surface area contributed by atoms with Crippen LogP contribution in [0, 0.1) is 11.6 Å². The van der Waals surface area contributed by atoms with Gasteiger partial charge in [-0.25, -0.2) is 40.3 Å². The summed E-state index contributed by atoms with van der Waals surface area (Å²) in [6.45, 7) is -0.380. The van der Waals surface area contributed by atoms with Crippen LogP contribution in [0.2, 0.25) is 0 Å². The second kappa shape index (κ2) is 11.7. The van der Waals surface area contributed by atoms with Gasteiger partial charge in [0.1, 0.15) is 40.5 Å². The van der Waals surface area contributed by atoms with Gasteiger partial charge < -0.3 is 14.2 Å². The van der Waals surface area contributed by atoms with Crippen molar-refractivity contribution < 1.29 is 40.2 Å². The number of aryl methyl sites for hydroxylation is 1. The van der Waals surface area contributed by atoms with E-state index >= 15 is 8.78 Å². The van der Waals surface area contributed by atoms with Gasteiger partial charge in [0.15, 0.2) is 11.6 Å². The van der Waals surface area contributed by atoms with Gasteiger partial charge in [-0.05, 0) is 18.2 Å². The lowest BCUT2D eigenvalue weighted by Crippen LogP contribution is -2.32. The van der Waals surface area contributed by atoms with Crippen LogP contribution < -0.4 is 18.5 Å². The van der Waals surface area contributed by atoms with Crippen molar-refractivity contribution in [2.45, 2.75) is 42.2 Å². The minimum absolute atomic E-state index is 0.125. The molecule has 0 radical (unpaired) electrons. The topological polar surface area (TPSA) is 109 Å². The number of rotatable bonds is 10. The molecule has 10 nitrogen and oxygen atoms in total. The molecule has 2 aromatic heterocycles. The monoisotopic (exact) mass is 621 g/mol. The molecule has 2 unspecified atom stereocenters. The molecule has 228 valence electrons. The van der Waals surface area contributed by atoms with Crippen molar-refractivity contribution in [3.63, 3.8) is 0 Å². The summed E-state index contributed by atoms with van der Waals surface area (Å²) in [6.07, 6.45) is 1.30. The van der Waals surface area contributed by atoms with Gasteiger partial charge in [-0.2, -0.15) is 5.10 Å². The minimum Gasteiger partial charge on any atom is -0.497 e. The molecule has 0 N–H and O–H groups in total. The third-order valence-electron chi connectivity index (χ3n) is 7.17. The number of hydrogen-bond donors (Lipinski definition) is 0. The first-order chi connectivity index (χ1) is 20.4. The number of halogens is 4. The summed E-state index contributed by atoms with van der Waals surface area (Å²) in [4.78, 5) is 6.78. The first-order valence-corrected chi connectivity index (χ1v) is 14.4. The van der Waals surface area contributed by atoms with Crippen molar-refractivity contribution in [3.8, 4) is 17.2 Å². The average molecular weight is 622 g/mol. The molecular weight excluding hydrogens is 594 g/mol. The van der Waals surface area contributed by atoms with E-state index < -0.39 is 63.1 Å². The summed E-state index contributed by atoms with van der Waals surface area (Å²) < 4.78 is 106.